The molecule has 1 aliphatic heterocycles. The fraction of sp³-hybridized carbons (Fsp3) is 0.500. The lowest BCUT2D eigenvalue weighted by Gasteiger charge is -2.15. The van der Waals surface area contributed by atoms with Crippen LogP contribution in [0.25, 0.3) is 0 Å². The first kappa shape index (κ1) is 13.7. The molecular weight excluding hydrogens is 248 g/mol. The Morgan fingerprint density at radius 2 is 2.11 bits per heavy atom. The highest BCUT2D eigenvalue weighted by molar-refractivity contribution is 5.72. The third-order valence-electron chi connectivity index (χ3n) is 2.85. The predicted octanol–water partition coefficient (Wildman–Crippen LogP) is 2.43. The van der Waals surface area contributed by atoms with Crippen LogP contribution in [0.15, 0.2) is 18.2 Å². The number of hydrogen-bond acceptors (Lipinski definition) is 4. The topological polar surface area (TPSA) is 65.0 Å². The highest BCUT2D eigenvalue weighted by Crippen LogP contribution is 2.32. The minimum atomic E-state index is -0.922. The first-order chi connectivity index (χ1) is 9.06. The number of hydrogen-bond donors (Lipinski definition) is 1. The van der Waals surface area contributed by atoms with Gasteiger partial charge in [-0.25, -0.2) is 4.79 Å². The van der Waals surface area contributed by atoms with Crippen LogP contribution in [0.3, 0.4) is 0 Å². The number of fused-ring (bicyclic) bond motifs is 1. The average molecular weight is 266 g/mol. The number of carbonyl (C=O) groups is 1. The highest BCUT2D eigenvalue weighted by Gasteiger charge is 2.20. The molecule has 0 amide bonds. The molecular formula is C14H18O5. The fourth-order valence-electron chi connectivity index (χ4n) is 1.90. The SMILES string of the molecule is CC(C)CC(OCc1ccc2c(c1)OCO2)C(=O)O. The molecule has 1 aliphatic rings. The zero-order valence-corrected chi connectivity index (χ0v) is 11.1. The van der Waals surface area contributed by atoms with E-state index in [1.807, 2.05) is 26.0 Å². The van der Waals surface area contributed by atoms with Crippen molar-refractivity contribution in [2.75, 3.05) is 6.79 Å². The standard InChI is InChI=1S/C14H18O5/c1-9(2)5-13(14(15)16)17-7-10-3-4-11-12(6-10)19-8-18-11/h3-4,6,9,13H,5,7-8H2,1-2H3,(H,15,16). The monoisotopic (exact) mass is 266 g/mol. The summed E-state index contributed by atoms with van der Waals surface area (Å²) >= 11 is 0. The van der Waals surface area contributed by atoms with Crippen LogP contribution in [0.5, 0.6) is 11.5 Å². The normalized spacial score (nSPS) is 14.7. The van der Waals surface area contributed by atoms with Crippen LogP contribution in [0.1, 0.15) is 25.8 Å². The van der Waals surface area contributed by atoms with Crippen LogP contribution in [0, 0.1) is 5.92 Å². The Hall–Kier alpha value is -1.75. The summed E-state index contributed by atoms with van der Waals surface area (Å²) in [6.07, 6.45) is -0.273. The van der Waals surface area contributed by atoms with Gasteiger partial charge >= 0.3 is 5.97 Å². The highest BCUT2D eigenvalue weighted by atomic mass is 16.7. The van der Waals surface area contributed by atoms with E-state index < -0.39 is 12.1 Å². The lowest BCUT2D eigenvalue weighted by molar-refractivity contribution is -0.152. The average Bonchev–Trinajstić information content (AvgIpc) is 2.80. The third-order valence-corrected chi connectivity index (χ3v) is 2.85. The summed E-state index contributed by atoms with van der Waals surface area (Å²) in [6, 6.07) is 5.47. The minimum absolute atomic E-state index is 0.227. The first-order valence-corrected chi connectivity index (χ1v) is 6.29. The van der Waals surface area contributed by atoms with E-state index in [0.29, 0.717) is 17.9 Å². The molecule has 104 valence electrons. The fourth-order valence-corrected chi connectivity index (χ4v) is 1.90. The first-order valence-electron chi connectivity index (χ1n) is 6.29. The lowest BCUT2D eigenvalue weighted by Crippen LogP contribution is -2.25. The van der Waals surface area contributed by atoms with Crippen molar-refractivity contribution in [3.05, 3.63) is 23.8 Å². The van der Waals surface area contributed by atoms with E-state index in [1.54, 1.807) is 6.07 Å². The van der Waals surface area contributed by atoms with Crippen LogP contribution in [-0.2, 0) is 16.1 Å². The van der Waals surface area contributed by atoms with Gasteiger partial charge in [0.1, 0.15) is 0 Å². The van der Waals surface area contributed by atoms with E-state index >= 15 is 0 Å². The van der Waals surface area contributed by atoms with Crippen molar-refractivity contribution in [2.24, 2.45) is 5.92 Å². The maximum atomic E-state index is 11.1. The molecule has 19 heavy (non-hydrogen) atoms. The summed E-state index contributed by atoms with van der Waals surface area (Å²) in [4.78, 5) is 11.1. The molecule has 5 nitrogen and oxygen atoms in total. The molecule has 0 aliphatic carbocycles. The second-order valence-corrected chi connectivity index (χ2v) is 4.96. The molecule has 0 bridgehead atoms. The van der Waals surface area contributed by atoms with Crippen molar-refractivity contribution in [3.63, 3.8) is 0 Å². The molecule has 1 heterocycles. The molecule has 1 unspecified atom stereocenters. The van der Waals surface area contributed by atoms with Crippen molar-refractivity contribution in [2.45, 2.75) is 33.0 Å². The molecule has 0 radical (unpaired) electrons. The van der Waals surface area contributed by atoms with Gasteiger partial charge in [0.2, 0.25) is 6.79 Å². The molecule has 0 saturated carbocycles. The van der Waals surface area contributed by atoms with Crippen LogP contribution in [0.2, 0.25) is 0 Å². The predicted molar refractivity (Wildman–Crippen MR) is 68.2 cm³/mol. The summed E-state index contributed by atoms with van der Waals surface area (Å²) in [5.41, 5.74) is 0.874. The van der Waals surface area contributed by atoms with Crippen LogP contribution in [-0.4, -0.2) is 24.0 Å². The Bertz CT molecular complexity index is 455. The zero-order chi connectivity index (χ0) is 13.8. The molecule has 1 N–H and O–H groups in total. The van der Waals surface area contributed by atoms with Gasteiger partial charge in [0.25, 0.3) is 0 Å². The van der Waals surface area contributed by atoms with Gasteiger partial charge in [-0.15, -0.1) is 0 Å². The Balaban J connectivity index is 1.95. The smallest absolute Gasteiger partial charge is 0.332 e. The molecule has 0 fully saturated rings. The quantitative estimate of drug-likeness (QED) is 0.856. The number of carboxylic acids is 1. The zero-order valence-electron chi connectivity index (χ0n) is 11.1. The second-order valence-electron chi connectivity index (χ2n) is 4.96. The van der Waals surface area contributed by atoms with E-state index in [2.05, 4.69) is 0 Å². The van der Waals surface area contributed by atoms with Gasteiger partial charge in [-0.1, -0.05) is 19.9 Å². The maximum absolute atomic E-state index is 11.1. The molecule has 5 heteroatoms. The van der Waals surface area contributed by atoms with Crippen molar-refractivity contribution in [1.82, 2.24) is 0 Å². The maximum Gasteiger partial charge on any atom is 0.332 e. The number of aliphatic carboxylic acids is 1. The third kappa shape index (κ3) is 3.61. The minimum Gasteiger partial charge on any atom is -0.479 e. The number of carboxylic acid groups (broad SMARTS) is 1. The summed E-state index contributed by atoms with van der Waals surface area (Å²) < 4.78 is 15.9. The van der Waals surface area contributed by atoms with Crippen LogP contribution < -0.4 is 9.47 Å². The molecule has 0 spiro atoms. The van der Waals surface area contributed by atoms with Gasteiger partial charge in [0.05, 0.1) is 6.61 Å². The summed E-state index contributed by atoms with van der Waals surface area (Å²) in [5, 5.41) is 9.09. The number of ether oxygens (including phenoxy) is 3. The second kappa shape index (κ2) is 5.93. The lowest BCUT2D eigenvalue weighted by atomic mass is 10.1. The van der Waals surface area contributed by atoms with Crippen LogP contribution in [0.4, 0.5) is 0 Å². The van der Waals surface area contributed by atoms with Gasteiger partial charge in [0.15, 0.2) is 17.6 Å². The molecule has 1 atom stereocenters. The number of benzene rings is 1. The van der Waals surface area contributed by atoms with Gasteiger partial charge in [-0.2, -0.15) is 0 Å². The Morgan fingerprint density at radius 3 is 2.79 bits per heavy atom. The summed E-state index contributed by atoms with van der Waals surface area (Å²) in [7, 11) is 0. The van der Waals surface area contributed by atoms with Gasteiger partial charge in [-0.05, 0) is 30.0 Å². The van der Waals surface area contributed by atoms with Gasteiger partial charge in [0, 0.05) is 0 Å². The van der Waals surface area contributed by atoms with E-state index in [0.717, 1.165) is 5.56 Å². The molecule has 1 aromatic carbocycles. The Labute approximate surface area is 112 Å². The summed E-state index contributed by atoms with van der Waals surface area (Å²) in [5.74, 6) is 0.741. The molecule has 2 rings (SSSR count). The van der Waals surface area contributed by atoms with Gasteiger partial charge in [-0.3, -0.25) is 0 Å². The molecule has 1 aromatic rings. The van der Waals surface area contributed by atoms with E-state index in [9.17, 15) is 4.79 Å². The van der Waals surface area contributed by atoms with E-state index in [-0.39, 0.29) is 19.3 Å². The molecule has 0 aromatic heterocycles. The van der Waals surface area contributed by atoms with Crippen molar-refractivity contribution in [3.8, 4) is 11.5 Å². The summed E-state index contributed by atoms with van der Waals surface area (Å²) in [6.45, 7) is 4.42. The van der Waals surface area contributed by atoms with Crippen molar-refractivity contribution < 1.29 is 24.1 Å². The Morgan fingerprint density at radius 1 is 1.37 bits per heavy atom. The van der Waals surface area contributed by atoms with Crippen LogP contribution >= 0.6 is 0 Å². The van der Waals surface area contributed by atoms with Crippen molar-refractivity contribution >= 4 is 5.97 Å². The Kier molecular flexibility index (Phi) is 4.27. The molecule has 0 saturated heterocycles. The van der Waals surface area contributed by atoms with E-state index in [1.165, 1.54) is 0 Å². The number of rotatable bonds is 6. The largest absolute Gasteiger partial charge is 0.479 e. The van der Waals surface area contributed by atoms with Crippen molar-refractivity contribution in [1.29, 1.82) is 0 Å². The van der Waals surface area contributed by atoms with E-state index in [4.69, 9.17) is 19.3 Å². The van der Waals surface area contributed by atoms with Gasteiger partial charge < -0.3 is 19.3 Å².